The highest BCUT2D eigenvalue weighted by Crippen LogP contribution is 1.73. The monoisotopic (exact) mass is 116 g/mol. The smallest absolute Gasteiger partial charge is 0.0675 e. The van der Waals surface area contributed by atoms with E-state index >= 15 is 0 Å². The van der Waals surface area contributed by atoms with Crippen LogP contribution in [0.4, 0.5) is 0 Å². The minimum atomic E-state index is 1.00. The summed E-state index contributed by atoms with van der Waals surface area (Å²) in [6, 6.07) is 0. The molecule has 0 N–H and O–H groups in total. The van der Waals surface area contributed by atoms with Crippen LogP contribution < -0.4 is 0 Å². The standard InChI is InChI=1S/C4H12N.N3/c1-5(2,3)4;1-3-2/h1-4H3;/q+1;-1. The van der Waals surface area contributed by atoms with Crippen LogP contribution >= 0.6 is 0 Å². The van der Waals surface area contributed by atoms with Crippen LogP contribution in [0, 0.1) is 0 Å². The Kier molecular flexibility index (Phi) is 5.70. The number of quaternary nitrogens is 1. The molecule has 0 fully saturated rings. The Balaban J connectivity index is 0. The van der Waals surface area contributed by atoms with Gasteiger partial charge in [0.2, 0.25) is 0 Å². The summed E-state index contributed by atoms with van der Waals surface area (Å²) in [6.45, 7) is 0. The third-order valence-electron chi connectivity index (χ3n) is 0. The summed E-state index contributed by atoms with van der Waals surface area (Å²) >= 11 is 0. The van der Waals surface area contributed by atoms with Gasteiger partial charge in [0.05, 0.1) is 28.2 Å². The Morgan fingerprint density at radius 1 is 1.00 bits per heavy atom. The van der Waals surface area contributed by atoms with Gasteiger partial charge >= 0.3 is 0 Å². The first-order valence-electron chi connectivity index (χ1n) is 2.19. The van der Waals surface area contributed by atoms with Crippen molar-refractivity contribution in [3.05, 3.63) is 16.0 Å². The highest BCUT2D eigenvalue weighted by molar-refractivity contribution is 4.36. The van der Waals surface area contributed by atoms with E-state index in [4.69, 9.17) is 11.1 Å². The average Bonchev–Trinajstić information content (AvgIpc) is 1.27. The van der Waals surface area contributed by atoms with E-state index in [0.717, 1.165) is 4.48 Å². The Labute approximate surface area is 49.7 Å². The molecule has 8 heavy (non-hydrogen) atoms. The van der Waals surface area contributed by atoms with Gasteiger partial charge in [-0.05, 0) is 0 Å². The summed E-state index contributed by atoms with van der Waals surface area (Å²) in [5.41, 5.74) is 13.5. The summed E-state index contributed by atoms with van der Waals surface area (Å²) < 4.78 is 1.00. The van der Waals surface area contributed by atoms with Crippen LogP contribution in [0.5, 0.6) is 0 Å². The molecule has 0 saturated heterocycles. The Morgan fingerprint density at radius 2 is 1.00 bits per heavy atom. The Bertz CT molecular complexity index is 68.5. The molecule has 0 aliphatic rings. The van der Waals surface area contributed by atoms with Crippen LogP contribution in [-0.4, -0.2) is 32.7 Å². The molecule has 48 valence electrons. The number of hydrogen-bond acceptors (Lipinski definition) is 0. The van der Waals surface area contributed by atoms with Gasteiger partial charge in [0.1, 0.15) is 0 Å². The summed E-state index contributed by atoms with van der Waals surface area (Å²) in [4.78, 5) is 1.50. The molecular weight excluding hydrogens is 104 g/mol. The normalized spacial score (nSPS) is 8.50. The predicted octanol–water partition coefficient (Wildman–Crippen LogP) is 1.19. The molecule has 0 bridgehead atoms. The lowest BCUT2D eigenvalue weighted by Crippen LogP contribution is -2.27. The van der Waals surface area contributed by atoms with Gasteiger partial charge in [-0.2, -0.15) is 0 Å². The molecule has 0 amide bonds. The van der Waals surface area contributed by atoms with Crippen molar-refractivity contribution in [3.8, 4) is 0 Å². The van der Waals surface area contributed by atoms with E-state index in [1.807, 2.05) is 0 Å². The minimum absolute atomic E-state index is 1.00. The molecule has 0 aliphatic carbocycles. The van der Waals surface area contributed by atoms with Crippen LogP contribution in [-0.2, 0) is 0 Å². The van der Waals surface area contributed by atoms with Crippen molar-refractivity contribution in [1.29, 1.82) is 0 Å². The van der Waals surface area contributed by atoms with Crippen molar-refractivity contribution in [2.45, 2.75) is 0 Å². The van der Waals surface area contributed by atoms with Crippen LogP contribution in [0.15, 0.2) is 0 Å². The zero-order valence-electron chi connectivity index (χ0n) is 5.79. The van der Waals surface area contributed by atoms with Gasteiger partial charge in [0.25, 0.3) is 0 Å². The first-order chi connectivity index (χ1) is 3.41. The van der Waals surface area contributed by atoms with Crippen molar-refractivity contribution in [2.75, 3.05) is 28.2 Å². The quantitative estimate of drug-likeness (QED) is 0.197. The maximum absolute atomic E-state index is 6.75. The van der Waals surface area contributed by atoms with E-state index in [0.29, 0.717) is 0 Å². The molecule has 0 aliphatic heterocycles. The summed E-state index contributed by atoms with van der Waals surface area (Å²) in [5.74, 6) is 0. The van der Waals surface area contributed by atoms with Crippen molar-refractivity contribution >= 4 is 0 Å². The van der Waals surface area contributed by atoms with Gasteiger partial charge < -0.3 is 15.5 Å². The molecule has 0 rings (SSSR count). The first-order valence-corrected chi connectivity index (χ1v) is 2.19. The molecule has 0 aromatic carbocycles. The maximum Gasteiger partial charge on any atom is 0.0675 e. The summed E-state index contributed by atoms with van der Waals surface area (Å²) in [7, 11) is 8.50. The molecule has 0 heterocycles. The summed E-state index contributed by atoms with van der Waals surface area (Å²) in [6.07, 6.45) is 0. The zero-order valence-corrected chi connectivity index (χ0v) is 5.79. The van der Waals surface area contributed by atoms with E-state index in [1.165, 1.54) is 4.91 Å². The van der Waals surface area contributed by atoms with E-state index < -0.39 is 0 Å². The van der Waals surface area contributed by atoms with Crippen LogP contribution in [0.2, 0.25) is 0 Å². The third kappa shape index (κ3) is 180. The first kappa shape index (κ1) is 10.3. The van der Waals surface area contributed by atoms with Gasteiger partial charge in [0, 0.05) is 0 Å². The van der Waals surface area contributed by atoms with E-state index in [-0.39, 0.29) is 0 Å². The van der Waals surface area contributed by atoms with Crippen molar-refractivity contribution in [1.82, 2.24) is 0 Å². The molecule has 0 aromatic rings. The average molecular weight is 116 g/mol. The van der Waals surface area contributed by atoms with Gasteiger partial charge in [0.15, 0.2) is 0 Å². The molecule has 4 heteroatoms. The second-order valence-electron chi connectivity index (χ2n) is 2.77. The Hall–Kier alpha value is -0.730. The highest BCUT2D eigenvalue weighted by Gasteiger charge is 1.88. The lowest BCUT2D eigenvalue weighted by Gasteiger charge is -2.14. The fourth-order valence-corrected chi connectivity index (χ4v) is 0. The minimum Gasteiger partial charge on any atom is -0.373 e. The third-order valence-corrected chi connectivity index (χ3v) is 0. The number of rotatable bonds is 0. The SMILES string of the molecule is C[N+](C)(C)C.[N-]=[N+]=[N-]. The van der Waals surface area contributed by atoms with E-state index in [1.54, 1.807) is 0 Å². The van der Waals surface area contributed by atoms with Crippen LogP contribution in [0.3, 0.4) is 0 Å². The van der Waals surface area contributed by atoms with Crippen molar-refractivity contribution in [3.63, 3.8) is 0 Å². The maximum atomic E-state index is 6.75. The van der Waals surface area contributed by atoms with Crippen molar-refractivity contribution in [2.24, 2.45) is 0 Å². The fraction of sp³-hybridized carbons (Fsp3) is 1.00. The molecule has 0 unspecified atom stereocenters. The van der Waals surface area contributed by atoms with Crippen LogP contribution in [0.25, 0.3) is 16.0 Å². The molecular formula is C4H12N4. The highest BCUT2D eigenvalue weighted by atomic mass is 15.2. The van der Waals surface area contributed by atoms with Gasteiger partial charge in [-0.25, -0.2) is 0 Å². The summed E-state index contributed by atoms with van der Waals surface area (Å²) in [5, 5.41) is 0. The zero-order chi connectivity index (χ0) is 7.21. The van der Waals surface area contributed by atoms with E-state index in [2.05, 4.69) is 28.2 Å². The Morgan fingerprint density at radius 3 is 1.00 bits per heavy atom. The van der Waals surface area contributed by atoms with Crippen molar-refractivity contribution < 1.29 is 4.48 Å². The largest absolute Gasteiger partial charge is 0.373 e. The van der Waals surface area contributed by atoms with Crippen LogP contribution in [0.1, 0.15) is 0 Å². The number of nitrogens with zero attached hydrogens (tertiary/aromatic N) is 4. The molecule has 0 radical (unpaired) electrons. The number of hydrogen-bond donors (Lipinski definition) is 0. The fourth-order valence-electron chi connectivity index (χ4n) is 0. The predicted molar refractivity (Wildman–Crippen MR) is 34.0 cm³/mol. The molecule has 0 spiro atoms. The molecule has 0 saturated carbocycles. The molecule has 0 atom stereocenters. The van der Waals surface area contributed by atoms with Gasteiger partial charge in [-0.3, -0.25) is 4.91 Å². The lowest BCUT2D eigenvalue weighted by atomic mass is 10.8. The molecule has 0 aromatic heterocycles. The van der Waals surface area contributed by atoms with E-state index in [9.17, 15) is 0 Å². The van der Waals surface area contributed by atoms with Gasteiger partial charge in [-0.15, -0.1) is 0 Å². The molecule has 4 nitrogen and oxygen atoms in total. The van der Waals surface area contributed by atoms with Gasteiger partial charge in [-0.1, -0.05) is 0 Å². The lowest BCUT2D eigenvalue weighted by molar-refractivity contribution is -0.849. The topological polar surface area (TPSA) is 58.7 Å². The second-order valence-corrected chi connectivity index (χ2v) is 2.77. The second kappa shape index (κ2) is 4.43.